The van der Waals surface area contributed by atoms with Crippen LogP contribution >= 0.6 is 0 Å². The van der Waals surface area contributed by atoms with Crippen LogP contribution < -0.4 is 0 Å². The highest BCUT2D eigenvalue weighted by molar-refractivity contribution is 6.05. The second kappa shape index (κ2) is 5.71. The molecule has 4 heteroatoms. The van der Waals surface area contributed by atoms with Crippen LogP contribution in [0.5, 0.6) is 0 Å². The number of amides is 2. The van der Waals surface area contributed by atoms with Crippen LogP contribution in [-0.4, -0.2) is 34.0 Å². The summed E-state index contributed by atoms with van der Waals surface area (Å²) >= 11 is 0. The maximum absolute atomic E-state index is 12.6. The third-order valence-electron chi connectivity index (χ3n) is 5.89. The summed E-state index contributed by atoms with van der Waals surface area (Å²) in [5.41, 5.74) is -1.48. The van der Waals surface area contributed by atoms with Crippen molar-refractivity contribution in [3.8, 4) is 0 Å². The fourth-order valence-electron chi connectivity index (χ4n) is 3.59. The SMILES string of the molecule is CCC1CCC(O)(CN2C(=O)CC(C)(C(C)C)C2=O)CC1. The standard InChI is InChI=1S/C17H29NO3/c1-5-13-6-8-17(21,9-7-13)11-18-14(19)10-16(4,12(2)3)15(18)20/h12-13,21H,5-11H2,1-4H3. The number of β-amino-alcohol motifs (C(OH)–C–C–N with tert-alkyl or cyclic N) is 1. The van der Waals surface area contributed by atoms with Gasteiger partial charge in [-0.05, 0) is 44.4 Å². The number of carbonyl (C=O) groups is 2. The van der Waals surface area contributed by atoms with Gasteiger partial charge in [0.05, 0.1) is 17.6 Å². The van der Waals surface area contributed by atoms with E-state index < -0.39 is 11.0 Å². The van der Waals surface area contributed by atoms with Crippen molar-refractivity contribution in [3.63, 3.8) is 0 Å². The van der Waals surface area contributed by atoms with Crippen LogP contribution in [0.25, 0.3) is 0 Å². The zero-order valence-electron chi connectivity index (χ0n) is 13.8. The summed E-state index contributed by atoms with van der Waals surface area (Å²) in [6.45, 7) is 8.20. The van der Waals surface area contributed by atoms with Crippen molar-refractivity contribution in [1.82, 2.24) is 4.90 Å². The summed E-state index contributed by atoms with van der Waals surface area (Å²) in [5.74, 6) is 0.580. The quantitative estimate of drug-likeness (QED) is 0.811. The normalized spacial score (nSPS) is 37.6. The number of carbonyl (C=O) groups excluding carboxylic acids is 2. The van der Waals surface area contributed by atoms with Gasteiger partial charge in [-0.15, -0.1) is 0 Å². The van der Waals surface area contributed by atoms with Gasteiger partial charge in [-0.2, -0.15) is 0 Å². The van der Waals surface area contributed by atoms with Crippen LogP contribution in [0.15, 0.2) is 0 Å². The number of hydrogen-bond donors (Lipinski definition) is 1. The minimum Gasteiger partial charge on any atom is -0.388 e. The van der Waals surface area contributed by atoms with Gasteiger partial charge in [0.25, 0.3) is 0 Å². The molecule has 2 aliphatic rings. The minimum atomic E-state index is -0.876. The van der Waals surface area contributed by atoms with E-state index in [0.29, 0.717) is 18.8 Å². The Balaban J connectivity index is 2.06. The Kier molecular flexibility index (Phi) is 4.48. The van der Waals surface area contributed by atoms with Crippen LogP contribution in [0.4, 0.5) is 0 Å². The molecule has 1 saturated carbocycles. The Morgan fingerprint density at radius 2 is 1.86 bits per heavy atom. The maximum Gasteiger partial charge on any atom is 0.235 e. The average molecular weight is 295 g/mol. The molecule has 2 amide bonds. The lowest BCUT2D eigenvalue weighted by atomic mass is 9.77. The molecule has 1 saturated heterocycles. The van der Waals surface area contributed by atoms with Crippen LogP contribution in [-0.2, 0) is 9.59 Å². The second-order valence-corrected chi connectivity index (χ2v) is 7.61. The van der Waals surface area contributed by atoms with Gasteiger partial charge in [-0.3, -0.25) is 14.5 Å². The molecule has 1 atom stereocenters. The molecule has 0 aromatic rings. The van der Waals surface area contributed by atoms with Crippen LogP contribution in [0.1, 0.15) is 66.2 Å². The van der Waals surface area contributed by atoms with E-state index in [1.165, 1.54) is 4.90 Å². The summed E-state index contributed by atoms with van der Waals surface area (Å²) in [6, 6.07) is 0. The van der Waals surface area contributed by atoms with E-state index in [-0.39, 0.29) is 30.7 Å². The summed E-state index contributed by atoms with van der Waals surface area (Å²) in [4.78, 5) is 26.2. The molecule has 1 N–H and O–H groups in total. The molecule has 1 aliphatic carbocycles. The fourth-order valence-corrected chi connectivity index (χ4v) is 3.59. The number of aliphatic hydroxyl groups is 1. The monoisotopic (exact) mass is 295 g/mol. The molecule has 2 rings (SSSR count). The van der Waals surface area contributed by atoms with Gasteiger partial charge in [0, 0.05) is 6.42 Å². The van der Waals surface area contributed by atoms with Crippen LogP contribution in [0.2, 0.25) is 0 Å². The van der Waals surface area contributed by atoms with E-state index in [9.17, 15) is 14.7 Å². The first kappa shape index (κ1) is 16.5. The largest absolute Gasteiger partial charge is 0.388 e. The van der Waals surface area contributed by atoms with E-state index in [1.54, 1.807) is 0 Å². The first-order chi connectivity index (χ1) is 9.72. The highest BCUT2D eigenvalue weighted by Crippen LogP contribution is 2.41. The van der Waals surface area contributed by atoms with Crippen molar-refractivity contribution in [2.45, 2.75) is 71.8 Å². The van der Waals surface area contributed by atoms with Crippen molar-refractivity contribution in [2.75, 3.05) is 6.54 Å². The molecule has 1 heterocycles. The molecule has 1 aliphatic heterocycles. The Morgan fingerprint density at radius 1 is 1.29 bits per heavy atom. The number of hydrogen-bond acceptors (Lipinski definition) is 3. The van der Waals surface area contributed by atoms with Gasteiger partial charge in [0.15, 0.2) is 0 Å². The number of imide groups is 1. The zero-order valence-corrected chi connectivity index (χ0v) is 13.8. The van der Waals surface area contributed by atoms with Crippen LogP contribution in [0.3, 0.4) is 0 Å². The third kappa shape index (κ3) is 3.01. The number of nitrogens with zero attached hydrogens (tertiary/aromatic N) is 1. The lowest BCUT2D eigenvalue weighted by molar-refractivity contribution is -0.147. The highest BCUT2D eigenvalue weighted by atomic mass is 16.3. The van der Waals surface area contributed by atoms with E-state index >= 15 is 0 Å². The highest BCUT2D eigenvalue weighted by Gasteiger charge is 2.51. The summed E-state index contributed by atoms with van der Waals surface area (Å²) in [5, 5.41) is 10.7. The van der Waals surface area contributed by atoms with E-state index in [2.05, 4.69) is 6.92 Å². The first-order valence-electron chi connectivity index (χ1n) is 8.29. The average Bonchev–Trinajstić information content (AvgIpc) is 2.64. The molecule has 4 nitrogen and oxygen atoms in total. The van der Waals surface area contributed by atoms with Gasteiger partial charge in [-0.1, -0.05) is 27.2 Å². The summed E-state index contributed by atoms with van der Waals surface area (Å²) < 4.78 is 0. The molecule has 0 aromatic carbocycles. The Bertz CT molecular complexity index is 424. The summed E-state index contributed by atoms with van der Waals surface area (Å²) in [6.07, 6.45) is 4.79. The molecule has 120 valence electrons. The smallest absolute Gasteiger partial charge is 0.235 e. The van der Waals surface area contributed by atoms with Crippen molar-refractivity contribution >= 4 is 11.8 Å². The topological polar surface area (TPSA) is 57.6 Å². The zero-order chi connectivity index (χ0) is 15.8. The molecule has 0 radical (unpaired) electrons. The fraction of sp³-hybridized carbons (Fsp3) is 0.882. The number of rotatable bonds is 4. The molecular weight excluding hydrogens is 266 g/mol. The molecule has 0 aromatic heterocycles. The van der Waals surface area contributed by atoms with E-state index in [4.69, 9.17) is 0 Å². The van der Waals surface area contributed by atoms with E-state index in [1.807, 2.05) is 20.8 Å². The molecule has 21 heavy (non-hydrogen) atoms. The third-order valence-corrected chi connectivity index (χ3v) is 5.89. The van der Waals surface area contributed by atoms with Gasteiger partial charge >= 0.3 is 0 Å². The van der Waals surface area contributed by atoms with Crippen molar-refractivity contribution in [1.29, 1.82) is 0 Å². The molecule has 0 spiro atoms. The lowest BCUT2D eigenvalue weighted by Gasteiger charge is -2.38. The van der Waals surface area contributed by atoms with Crippen molar-refractivity contribution in [3.05, 3.63) is 0 Å². The van der Waals surface area contributed by atoms with Crippen LogP contribution in [0, 0.1) is 17.3 Å². The number of likely N-dealkylation sites (tertiary alicyclic amines) is 1. The van der Waals surface area contributed by atoms with Gasteiger partial charge in [0.1, 0.15) is 0 Å². The molecule has 1 unspecified atom stereocenters. The molecular formula is C17H29NO3. The summed E-state index contributed by atoms with van der Waals surface area (Å²) in [7, 11) is 0. The van der Waals surface area contributed by atoms with Crippen molar-refractivity contribution in [2.24, 2.45) is 17.3 Å². The predicted molar refractivity (Wildman–Crippen MR) is 81.5 cm³/mol. The second-order valence-electron chi connectivity index (χ2n) is 7.61. The van der Waals surface area contributed by atoms with Crippen molar-refractivity contribution < 1.29 is 14.7 Å². The van der Waals surface area contributed by atoms with Gasteiger partial charge < -0.3 is 5.11 Å². The van der Waals surface area contributed by atoms with Gasteiger partial charge in [0.2, 0.25) is 11.8 Å². The Hall–Kier alpha value is -0.900. The molecule has 0 bridgehead atoms. The van der Waals surface area contributed by atoms with Gasteiger partial charge in [-0.25, -0.2) is 0 Å². The van der Waals surface area contributed by atoms with E-state index in [0.717, 1.165) is 19.3 Å². The Labute approximate surface area is 127 Å². The molecule has 2 fully saturated rings. The Morgan fingerprint density at radius 3 is 2.29 bits per heavy atom. The first-order valence-corrected chi connectivity index (χ1v) is 8.29. The lowest BCUT2D eigenvalue weighted by Crippen LogP contribution is -2.48. The predicted octanol–water partition coefficient (Wildman–Crippen LogP) is 2.74. The minimum absolute atomic E-state index is 0.103. The maximum atomic E-state index is 12.6.